The van der Waals surface area contributed by atoms with Gasteiger partial charge in [0, 0.05) is 47.9 Å². The number of morpholine rings is 1. The SMILES string of the molecule is CC(C)c1cc(C=O)cc(C(C)C)c1CCN1CCOCC1.O=Cc1ccc2[nH]ccc2c1. The van der Waals surface area contributed by atoms with Crippen LogP contribution in [0.4, 0.5) is 0 Å². The molecule has 1 N–H and O–H groups in total. The number of aromatic amines is 1. The fourth-order valence-electron chi connectivity index (χ4n) is 4.37. The summed E-state index contributed by atoms with van der Waals surface area (Å²) in [4.78, 5) is 27.1. The van der Waals surface area contributed by atoms with E-state index in [0.29, 0.717) is 11.8 Å². The molecule has 1 aliphatic rings. The van der Waals surface area contributed by atoms with E-state index in [1.807, 2.05) is 24.4 Å². The Morgan fingerprint density at radius 2 is 1.55 bits per heavy atom. The smallest absolute Gasteiger partial charge is 0.150 e. The molecule has 3 aromatic rings. The Bertz CT molecular complexity index is 1030. The van der Waals surface area contributed by atoms with Crippen LogP contribution in [0.1, 0.15) is 76.9 Å². The minimum Gasteiger partial charge on any atom is -0.379 e. The molecule has 5 nitrogen and oxygen atoms in total. The molecular formula is C28H36N2O3. The third-order valence-corrected chi connectivity index (χ3v) is 6.22. The van der Waals surface area contributed by atoms with Gasteiger partial charge in [-0.3, -0.25) is 14.5 Å². The van der Waals surface area contributed by atoms with Crippen LogP contribution in [-0.4, -0.2) is 55.3 Å². The lowest BCUT2D eigenvalue weighted by Gasteiger charge is -2.28. The summed E-state index contributed by atoms with van der Waals surface area (Å²) in [6, 6.07) is 11.7. The van der Waals surface area contributed by atoms with Crippen LogP contribution < -0.4 is 0 Å². The summed E-state index contributed by atoms with van der Waals surface area (Å²) in [5.74, 6) is 0.883. The minimum atomic E-state index is 0.442. The molecule has 1 saturated heterocycles. The van der Waals surface area contributed by atoms with Crippen molar-refractivity contribution in [2.24, 2.45) is 0 Å². The van der Waals surface area contributed by atoms with Crippen molar-refractivity contribution in [1.29, 1.82) is 0 Å². The Hall–Kier alpha value is -2.76. The van der Waals surface area contributed by atoms with Crippen LogP contribution >= 0.6 is 0 Å². The monoisotopic (exact) mass is 448 g/mol. The Balaban J connectivity index is 0.000000231. The maximum atomic E-state index is 11.3. The van der Waals surface area contributed by atoms with E-state index in [2.05, 4.69) is 49.7 Å². The molecule has 5 heteroatoms. The van der Waals surface area contributed by atoms with Gasteiger partial charge in [0.1, 0.15) is 12.6 Å². The van der Waals surface area contributed by atoms with Gasteiger partial charge in [-0.1, -0.05) is 27.7 Å². The van der Waals surface area contributed by atoms with E-state index in [1.165, 1.54) is 16.7 Å². The first kappa shape index (κ1) is 24.9. The van der Waals surface area contributed by atoms with Crippen LogP contribution in [-0.2, 0) is 11.2 Å². The van der Waals surface area contributed by atoms with Gasteiger partial charge in [0.15, 0.2) is 0 Å². The molecule has 33 heavy (non-hydrogen) atoms. The van der Waals surface area contributed by atoms with Gasteiger partial charge >= 0.3 is 0 Å². The third-order valence-electron chi connectivity index (χ3n) is 6.22. The van der Waals surface area contributed by atoms with Crippen LogP contribution in [0.5, 0.6) is 0 Å². The lowest BCUT2D eigenvalue weighted by atomic mass is 9.85. The number of hydrogen-bond donors (Lipinski definition) is 1. The van der Waals surface area contributed by atoms with Gasteiger partial charge in [-0.2, -0.15) is 0 Å². The Morgan fingerprint density at radius 3 is 2.12 bits per heavy atom. The van der Waals surface area contributed by atoms with E-state index >= 15 is 0 Å². The Morgan fingerprint density at radius 1 is 0.909 bits per heavy atom. The second-order valence-electron chi connectivity index (χ2n) is 9.25. The summed E-state index contributed by atoms with van der Waals surface area (Å²) >= 11 is 0. The zero-order valence-corrected chi connectivity index (χ0v) is 20.3. The van der Waals surface area contributed by atoms with Gasteiger partial charge in [-0.25, -0.2) is 0 Å². The maximum Gasteiger partial charge on any atom is 0.150 e. The van der Waals surface area contributed by atoms with Crippen molar-refractivity contribution in [3.8, 4) is 0 Å². The Labute approximate surface area is 197 Å². The molecular weight excluding hydrogens is 412 g/mol. The first-order valence-electron chi connectivity index (χ1n) is 11.9. The number of nitrogens with one attached hydrogen (secondary N) is 1. The van der Waals surface area contributed by atoms with Crippen molar-refractivity contribution in [3.05, 3.63) is 70.4 Å². The van der Waals surface area contributed by atoms with E-state index in [-0.39, 0.29) is 0 Å². The van der Waals surface area contributed by atoms with E-state index < -0.39 is 0 Å². The topological polar surface area (TPSA) is 62.4 Å². The van der Waals surface area contributed by atoms with Gasteiger partial charge in [0.05, 0.1) is 13.2 Å². The summed E-state index contributed by atoms with van der Waals surface area (Å²) in [5.41, 5.74) is 6.71. The lowest BCUT2D eigenvalue weighted by molar-refractivity contribution is 0.0384. The van der Waals surface area contributed by atoms with Crippen molar-refractivity contribution in [2.45, 2.75) is 46.0 Å². The summed E-state index contributed by atoms with van der Waals surface area (Å²) in [6.07, 6.45) is 4.75. The number of ether oxygens (including phenoxy) is 1. The number of aromatic nitrogens is 1. The highest BCUT2D eigenvalue weighted by Crippen LogP contribution is 2.30. The number of hydrogen-bond acceptors (Lipinski definition) is 4. The van der Waals surface area contributed by atoms with E-state index in [1.54, 1.807) is 6.07 Å². The summed E-state index contributed by atoms with van der Waals surface area (Å²) < 4.78 is 5.43. The quantitative estimate of drug-likeness (QED) is 0.478. The molecule has 1 fully saturated rings. The van der Waals surface area contributed by atoms with Crippen molar-refractivity contribution in [2.75, 3.05) is 32.8 Å². The number of fused-ring (bicyclic) bond motifs is 1. The summed E-state index contributed by atoms with van der Waals surface area (Å²) in [7, 11) is 0. The van der Waals surface area contributed by atoms with Gasteiger partial charge in [-0.05, 0) is 71.3 Å². The summed E-state index contributed by atoms with van der Waals surface area (Å²) in [6.45, 7) is 13.7. The van der Waals surface area contributed by atoms with E-state index in [9.17, 15) is 9.59 Å². The molecule has 2 heterocycles. The predicted octanol–water partition coefficient (Wildman–Crippen LogP) is 5.60. The molecule has 2 aromatic carbocycles. The van der Waals surface area contributed by atoms with Gasteiger partial charge in [-0.15, -0.1) is 0 Å². The molecule has 1 aliphatic heterocycles. The normalized spacial score (nSPS) is 14.4. The Kier molecular flexibility index (Phi) is 8.98. The third kappa shape index (κ3) is 6.62. The molecule has 0 aliphatic carbocycles. The van der Waals surface area contributed by atoms with Crippen LogP contribution in [0.25, 0.3) is 10.9 Å². The second-order valence-corrected chi connectivity index (χ2v) is 9.25. The highest BCUT2D eigenvalue weighted by atomic mass is 16.5. The number of nitrogens with zero attached hydrogens (tertiary/aromatic N) is 1. The lowest BCUT2D eigenvalue weighted by Crippen LogP contribution is -2.37. The molecule has 0 saturated carbocycles. The molecule has 176 valence electrons. The fourth-order valence-corrected chi connectivity index (χ4v) is 4.37. The molecule has 0 spiro atoms. The number of rotatable bonds is 7. The average molecular weight is 449 g/mol. The van der Waals surface area contributed by atoms with E-state index in [0.717, 1.165) is 73.9 Å². The number of aldehydes is 2. The largest absolute Gasteiger partial charge is 0.379 e. The predicted molar refractivity (Wildman–Crippen MR) is 135 cm³/mol. The molecule has 0 unspecified atom stereocenters. The van der Waals surface area contributed by atoms with Gasteiger partial charge < -0.3 is 9.72 Å². The standard InChI is InChI=1S/C19H29NO2.C9H7NO/c1-14(2)18-11-16(13-21)12-19(15(3)4)17(18)5-6-20-7-9-22-10-8-20;11-6-7-1-2-9-8(5-7)3-4-10-9/h11-15H,5-10H2,1-4H3;1-6,10H. The average Bonchev–Trinajstić information content (AvgIpc) is 3.31. The van der Waals surface area contributed by atoms with Gasteiger partial charge in [0.25, 0.3) is 0 Å². The highest BCUT2D eigenvalue weighted by molar-refractivity contribution is 5.87. The number of H-pyrrole nitrogens is 1. The number of carbonyl (C=O) groups is 2. The molecule has 0 bridgehead atoms. The molecule has 0 amide bonds. The first-order chi connectivity index (χ1) is 15.9. The highest BCUT2D eigenvalue weighted by Gasteiger charge is 2.17. The molecule has 0 radical (unpaired) electrons. The zero-order chi connectivity index (χ0) is 23.8. The minimum absolute atomic E-state index is 0.442. The van der Waals surface area contributed by atoms with Crippen LogP contribution in [0, 0.1) is 0 Å². The number of benzene rings is 2. The van der Waals surface area contributed by atoms with Crippen molar-refractivity contribution in [3.63, 3.8) is 0 Å². The number of carbonyl (C=O) groups excluding carboxylic acids is 2. The first-order valence-corrected chi connectivity index (χ1v) is 11.9. The van der Waals surface area contributed by atoms with Crippen LogP contribution in [0.2, 0.25) is 0 Å². The van der Waals surface area contributed by atoms with Crippen molar-refractivity contribution < 1.29 is 14.3 Å². The molecule has 4 rings (SSSR count). The maximum absolute atomic E-state index is 11.3. The fraction of sp³-hybridized carbons (Fsp3) is 0.429. The van der Waals surface area contributed by atoms with Crippen LogP contribution in [0.15, 0.2) is 42.6 Å². The molecule has 0 atom stereocenters. The van der Waals surface area contributed by atoms with Crippen molar-refractivity contribution >= 4 is 23.5 Å². The van der Waals surface area contributed by atoms with E-state index in [4.69, 9.17) is 4.74 Å². The zero-order valence-electron chi connectivity index (χ0n) is 20.3. The molecule has 1 aromatic heterocycles. The van der Waals surface area contributed by atoms with Gasteiger partial charge in [0.2, 0.25) is 0 Å². The van der Waals surface area contributed by atoms with Crippen LogP contribution in [0.3, 0.4) is 0 Å². The second kappa shape index (κ2) is 11.9. The summed E-state index contributed by atoms with van der Waals surface area (Å²) in [5, 5.41) is 1.08. The van der Waals surface area contributed by atoms with Crippen molar-refractivity contribution in [1.82, 2.24) is 9.88 Å².